The van der Waals surface area contributed by atoms with Gasteiger partial charge in [0.2, 0.25) is 0 Å². The van der Waals surface area contributed by atoms with E-state index in [1.165, 1.54) is 61.5 Å². The Kier molecular flexibility index (Phi) is 7.31. The average Bonchev–Trinajstić information content (AvgIpc) is 3.27. The van der Waals surface area contributed by atoms with Crippen molar-refractivity contribution in [1.29, 1.82) is 0 Å². The first-order chi connectivity index (χ1) is 13.4. The molecule has 2 N–H and O–H groups in total. The third-order valence-electron chi connectivity index (χ3n) is 6.58. The fraction of sp³-hybridized carbons (Fsp3) is 0.810. The molecule has 3 rings (SSSR count). The minimum Gasteiger partial charge on any atom is -0.355 e. The zero-order valence-corrected chi connectivity index (χ0v) is 19.2. The summed E-state index contributed by atoms with van der Waals surface area (Å²) in [6, 6.07) is 0.304. The van der Waals surface area contributed by atoms with Gasteiger partial charge in [0.05, 0.1) is 5.69 Å². The van der Waals surface area contributed by atoms with Gasteiger partial charge in [0.25, 0.3) is 0 Å². The van der Waals surface area contributed by atoms with Crippen molar-refractivity contribution < 1.29 is 0 Å². The maximum absolute atomic E-state index is 4.55. The largest absolute Gasteiger partial charge is 0.355 e. The van der Waals surface area contributed by atoms with Crippen molar-refractivity contribution in [3.63, 3.8) is 0 Å². The highest BCUT2D eigenvalue weighted by Gasteiger charge is 2.40. The molecule has 6 nitrogen and oxygen atoms in total. The van der Waals surface area contributed by atoms with E-state index in [1.54, 1.807) is 0 Å². The van der Waals surface area contributed by atoms with Crippen molar-refractivity contribution >= 4 is 17.7 Å². The molecule has 158 valence electrons. The number of rotatable bonds is 6. The monoisotopic (exact) mass is 406 g/mol. The summed E-state index contributed by atoms with van der Waals surface area (Å²) in [5, 5.41) is 11.8. The Balaban J connectivity index is 1.57. The quantitative estimate of drug-likeness (QED) is 0.562. The summed E-state index contributed by atoms with van der Waals surface area (Å²) in [5.41, 5.74) is 4.04. The van der Waals surface area contributed by atoms with Crippen LogP contribution in [-0.4, -0.2) is 70.4 Å². The third kappa shape index (κ3) is 4.85. The molecule has 0 spiro atoms. The van der Waals surface area contributed by atoms with Crippen LogP contribution in [0.1, 0.15) is 49.6 Å². The lowest BCUT2D eigenvalue weighted by Crippen LogP contribution is -2.58. The number of aryl methyl sites for hydroxylation is 2. The topological polar surface area (TPSA) is 57.5 Å². The summed E-state index contributed by atoms with van der Waals surface area (Å²) in [6.07, 6.45) is 6.29. The minimum absolute atomic E-state index is 0.304. The van der Waals surface area contributed by atoms with Crippen LogP contribution in [0.5, 0.6) is 0 Å². The Morgan fingerprint density at radius 1 is 1.25 bits per heavy atom. The highest BCUT2D eigenvalue weighted by atomic mass is 32.2. The van der Waals surface area contributed by atoms with E-state index in [0.29, 0.717) is 11.6 Å². The maximum atomic E-state index is 4.55. The molecule has 2 aliphatic rings. The summed E-state index contributed by atoms with van der Waals surface area (Å²) in [6.45, 7) is 9.93. The second-order valence-corrected chi connectivity index (χ2v) is 9.70. The second-order valence-electron chi connectivity index (χ2n) is 8.48. The zero-order chi connectivity index (χ0) is 20.1. The Morgan fingerprint density at radius 3 is 2.50 bits per heavy atom. The molecule has 0 aromatic carbocycles. The molecule has 7 heteroatoms. The van der Waals surface area contributed by atoms with Gasteiger partial charge in [-0.2, -0.15) is 16.9 Å². The molecule has 1 saturated carbocycles. The lowest BCUT2D eigenvalue weighted by molar-refractivity contribution is 0.107. The van der Waals surface area contributed by atoms with Crippen LogP contribution in [0.3, 0.4) is 0 Å². The van der Waals surface area contributed by atoms with E-state index in [0.717, 1.165) is 24.6 Å². The molecule has 1 aliphatic carbocycles. The average molecular weight is 407 g/mol. The molecule has 1 atom stereocenters. The molecule has 1 unspecified atom stereocenters. The van der Waals surface area contributed by atoms with Crippen LogP contribution >= 0.6 is 11.8 Å². The van der Waals surface area contributed by atoms with E-state index < -0.39 is 0 Å². The lowest BCUT2D eigenvalue weighted by atomic mass is 9.94. The zero-order valence-electron chi connectivity index (χ0n) is 18.3. The van der Waals surface area contributed by atoms with Gasteiger partial charge in [-0.15, -0.1) is 0 Å². The first-order valence-corrected chi connectivity index (χ1v) is 11.9. The van der Waals surface area contributed by atoms with E-state index >= 15 is 0 Å². The molecule has 0 radical (unpaired) electrons. The number of hydrogen-bond acceptors (Lipinski definition) is 4. The van der Waals surface area contributed by atoms with Crippen molar-refractivity contribution in [2.75, 3.05) is 38.2 Å². The standard InChI is InChI=1S/C21H38N6S/c1-16(14-19-17(2)25-26(5)18(19)3)24-20(22-4)23-15-21(8-6-7-9-21)27-10-12-28-13-11-27/h16H,6-15H2,1-5H3,(H2,22,23,24). The molecule has 0 amide bonds. The Morgan fingerprint density at radius 2 is 1.93 bits per heavy atom. The summed E-state index contributed by atoms with van der Waals surface area (Å²) in [4.78, 5) is 7.26. The van der Waals surface area contributed by atoms with Gasteiger partial charge in [-0.05, 0) is 45.6 Å². The third-order valence-corrected chi connectivity index (χ3v) is 7.52. The van der Waals surface area contributed by atoms with Gasteiger partial charge in [-0.3, -0.25) is 14.6 Å². The first-order valence-electron chi connectivity index (χ1n) is 10.7. The van der Waals surface area contributed by atoms with Crippen molar-refractivity contribution in [2.24, 2.45) is 12.0 Å². The number of hydrogen-bond donors (Lipinski definition) is 2. The predicted molar refractivity (Wildman–Crippen MR) is 120 cm³/mol. The van der Waals surface area contributed by atoms with Crippen molar-refractivity contribution in [3.8, 4) is 0 Å². The molecular weight excluding hydrogens is 368 g/mol. The van der Waals surface area contributed by atoms with Gasteiger partial charge in [-0.25, -0.2) is 0 Å². The molecule has 1 aromatic heterocycles. The number of thioether (sulfide) groups is 1. The van der Waals surface area contributed by atoms with Gasteiger partial charge >= 0.3 is 0 Å². The molecular formula is C21H38N6S. The fourth-order valence-corrected chi connectivity index (χ4v) is 5.73. The smallest absolute Gasteiger partial charge is 0.191 e. The van der Waals surface area contributed by atoms with Crippen LogP contribution in [0, 0.1) is 13.8 Å². The highest BCUT2D eigenvalue weighted by molar-refractivity contribution is 7.99. The Bertz CT molecular complexity index is 671. The summed E-state index contributed by atoms with van der Waals surface area (Å²) in [7, 11) is 3.89. The van der Waals surface area contributed by atoms with E-state index in [-0.39, 0.29) is 0 Å². The maximum Gasteiger partial charge on any atom is 0.191 e. The molecule has 2 heterocycles. The van der Waals surface area contributed by atoms with Gasteiger partial charge in [0.15, 0.2) is 5.96 Å². The molecule has 1 saturated heterocycles. The van der Waals surface area contributed by atoms with E-state index in [9.17, 15) is 0 Å². The fourth-order valence-electron chi connectivity index (χ4n) is 4.82. The lowest BCUT2D eigenvalue weighted by Gasteiger charge is -2.43. The number of nitrogens with one attached hydrogen (secondary N) is 2. The van der Waals surface area contributed by atoms with E-state index in [2.05, 4.69) is 58.2 Å². The van der Waals surface area contributed by atoms with Crippen LogP contribution in [0.4, 0.5) is 0 Å². The number of guanidine groups is 1. The summed E-state index contributed by atoms with van der Waals surface area (Å²) < 4.78 is 1.98. The second kappa shape index (κ2) is 9.53. The molecule has 28 heavy (non-hydrogen) atoms. The number of aromatic nitrogens is 2. The molecule has 0 bridgehead atoms. The van der Waals surface area contributed by atoms with Crippen LogP contribution < -0.4 is 10.6 Å². The predicted octanol–water partition coefficient (Wildman–Crippen LogP) is 2.49. The minimum atomic E-state index is 0.304. The Labute approximate surface area is 174 Å². The highest BCUT2D eigenvalue weighted by Crippen LogP contribution is 2.36. The van der Waals surface area contributed by atoms with Gasteiger partial charge < -0.3 is 10.6 Å². The van der Waals surface area contributed by atoms with Crippen molar-refractivity contribution in [2.45, 2.75) is 64.5 Å². The van der Waals surface area contributed by atoms with Crippen LogP contribution in [0.15, 0.2) is 4.99 Å². The normalized spacial score (nSPS) is 21.7. The summed E-state index contributed by atoms with van der Waals surface area (Å²) >= 11 is 2.09. The van der Waals surface area contributed by atoms with E-state index in [1.807, 2.05) is 18.8 Å². The first kappa shape index (κ1) is 21.5. The van der Waals surface area contributed by atoms with Crippen molar-refractivity contribution in [3.05, 3.63) is 17.0 Å². The number of nitrogens with zero attached hydrogens (tertiary/aromatic N) is 4. The molecule has 1 aromatic rings. The number of aliphatic imine (C=N–C) groups is 1. The SMILES string of the molecule is CN=C(NCC1(N2CCSCC2)CCCC1)NC(C)Cc1c(C)nn(C)c1C. The van der Waals surface area contributed by atoms with Crippen LogP contribution in [0.25, 0.3) is 0 Å². The van der Waals surface area contributed by atoms with Crippen LogP contribution in [-0.2, 0) is 13.5 Å². The van der Waals surface area contributed by atoms with Gasteiger partial charge in [0, 0.05) is 62.5 Å². The van der Waals surface area contributed by atoms with Gasteiger partial charge in [0.1, 0.15) is 0 Å². The Hall–Kier alpha value is -1.21. The molecule has 2 fully saturated rings. The molecule has 1 aliphatic heterocycles. The summed E-state index contributed by atoms with van der Waals surface area (Å²) in [5.74, 6) is 3.47. The van der Waals surface area contributed by atoms with Crippen molar-refractivity contribution in [1.82, 2.24) is 25.3 Å². The van der Waals surface area contributed by atoms with Gasteiger partial charge in [-0.1, -0.05) is 12.8 Å². The van der Waals surface area contributed by atoms with E-state index in [4.69, 9.17) is 0 Å². The van der Waals surface area contributed by atoms with Crippen LogP contribution in [0.2, 0.25) is 0 Å².